The summed E-state index contributed by atoms with van der Waals surface area (Å²) in [6.45, 7) is 3.80. The molecule has 204 valence electrons. The predicted molar refractivity (Wildman–Crippen MR) is 122 cm³/mol. The lowest BCUT2D eigenvalue weighted by Gasteiger charge is -2.46. The zero-order chi connectivity index (χ0) is 27.0. The maximum atomic E-state index is 12.6. The Morgan fingerprint density at radius 3 is 2.11 bits per heavy atom. The Labute approximate surface area is 209 Å². The van der Waals surface area contributed by atoms with Crippen molar-refractivity contribution in [3.63, 3.8) is 0 Å². The van der Waals surface area contributed by atoms with E-state index in [4.69, 9.17) is 18.9 Å². The first-order valence-electron chi connectivity index (χ1n) is 11.7. The van der Waals surface area contributed by atoms with E-state index in [9.17, 15) is 40.5 Å². The molecule has 0 radical (unpaired) electrons. The number of carbonyl (C=O) groups excluding carboxylic acids is 1. The van der Waals surface area contributed by atoms with Crippen molar-refractivity contribution in [1.82, 2.24) is 0 Å². The molecule has 2 fully saturated rings. The van der Waals surface area contributed by atoms with Crippen molar-refractivity contribution >= 4 is 5.78 Å². The molecule has 10 unspecified atom stereocenters. The van der Waals surface area contributed by atoms with Gasteiger partial charge in [-0.2, -0.15) is 0 Å². The van der Waals surface area contributed by atoms with Crippen LogP contribution in [0, 0.1) is 23.9 Å². The van der Waals surface area contributed by atoms with Crippen molar-refractivity contribution in [2.45, 2.75) is 107 Å². The van der Waals surface area contributed by atoms with Crippen molar-refractivity contribution in [3.8, 4) is 23.9 Å². The summed E-state index contributed by atoms with van der Waals surface area (Å²) in [5.41, 5.74) is -0.735. The number of ether oxygens (including phenoxy) is 4. The molecule has 12 heteroatoms. The van der Waals surface area contributed by atoms with E-state index in [0.29, 0.717) is 6.42 Å². The molecule has 0 amide bonds. The van der Waals surface area contributed by atoms with Crippen LogP contribution in [0.25, 0.3) is 0 Å². The minimum absolute atomic E-state index is 0.0748. The number of hydrogen-bond acceptors (Lipinski definition) is 12. The first-order valence-corrected chi connectivity index (χ1v) is 11.7. The summed E-state index contributed by atoms with van der Waals surface area (Å²) in [5, 5.41) is 70.3. The van der Waals surface area contributed by atoms with E-state index in [1.807, 2.05) is 0 Å². The molecule has 0 aromatic heterocycles. The Hall–Kier alpha value is -1.81. The quantitative estimate of drug-likeness (QED) is 0.147. The summed E-state index contributed by atoms with van der Waals surface area (Å²) < 4.78 is 21.8. The van der Waals surface area contributed by atoms with Gasteiger partial charge >= 0.3 is 0 Å². The highest BCUT2D eigenvalue weighted by atomic mass is 16.7. The molecule has 7 N–H and O–H groups in total. The fraction of sp³-hybridized carbons (Fsp3) is 0.792. The van der Waals surface area contributed by atoms with Gasteiger partial charge in [0, 0.05) is 18.8 Å². The van der Waals surface area contributed by atoms with E-state index >= 15 is 0 Å². The van der Waals surface area contributed by atoms with Gasteiger partial charge in [-0.25, -0.2) is 0 Å². The highest BCUT2D eigenvalue weighted by Gasteiger charge is 2.50. The molecule has 36 heavy (non-hydrogen) atoms. The normalized spacial score (nSPS) is 36.7. The summed E-state index contributed by atoms with van der Waals surface area (Å²) in [5.74, 6) is 7.38. The lowest BCUT2D eigenvalue weighted by atomic mass is 9.90. The smallest absolute Gasteiger partial charge is 0.187 e. The Kier molecular flexibility index (Phi) is 11.5. The van der Waals surface area contributed by atoms with Gasteiger partial charge in [0.15, 0.2) is 6.29 Å². The SMILES string of the molecule is CC#CC#COC(C)(C)CCC(=O)CC1OC(CO)C(OC2OC(CO)C(O)C(O)C2O)C(O)C1O. The lowest BCUT2D eigenvalue weighted by molar-refractivity contribution is -0.341. The fourth-order valence-electron chi connectivity index (χ4n) is 3.90. The molecule has 0 saturated carbocycles. The molecule has 2 saturated heterocycles. The number of Topliss-reactive ketones (excluding diaryl/α,β-unsaturated/α-hetero) is 1. The van der Waals surface area contributed by atoms with E-state index in [-0.39, 0.29) is 18.6 Å². The minimum Gasteiger partial charge on any atom is -0.440 e. The molecule has 12 nitrogen and oxygen atoms in total. The second-order valence-corrected chi connectivity index (χ2v) is 9.38. The van der Waals surface area contributed by atoms with Crippen LogP contribution in [0.15, 0.2) is 0 Å². The minimum atomic E-state index is -1.75. The first-order chi connectivity index (χ1) is 16.9. The molecule has 0 aliphatic carbocycles. The van der Waals surface area contributed by atoms with Gasteiger partial charge in [0.25, 0.3) is 0 Å². The molecule has 0 bridgehead atoms. The third-order valence-electron chi connectivity index (χ3n) is 6.10. The Morgan fingerprint density at radius 1 is 0.861 bits per heavy atom. The van der Waals surface area contributed by atoms with Gasteiger partial charge in [0.05, 0.1) is 19.3 Å². The van der Waals surface area contributed by atoms with Gasteiger partial charge in [0.2, 0.25) is 0 Å². The summed E-state index contributed by atoms with van der Waals surface area (Å²) >= 11 is 0. The van der Waals surface area contributed by atoms with Crippen LogP contribution in [0.3, 0.4) is 0 Å². The molecule has 0 aromatic rings. The molecule has 0 spiro atoms. The molecule has 2 rings (SSSR count). The van der Waals surface area contributed by atoms with E-state index in [1.54, 1.807) is 20.8 Å². The lowest BCUT2D eigenvalue weighted by Crippen LogP contribution is -2.64. The van der Waals surface area contributed by atoms with Crippen LogP contribution < -0.4 is 0 Å². The number of aliphatic hydroxyl groups excluding tert-OH is 7. The second kappa shape index (κ2) is 13.7. The summed E-state index contributed by atoms with van der Waals surface area (Å²) in [4.78, 5) is 12.6. The third-order valence-corrected chi connectivity index (χ3v) is 6.10. The van der Waals surface area contributed by atoms with E-state index in [1.165, 1.54) is 0 Å². The van der Waals surface area contributed by atoms with Crippen LogP contribution in [-0.2, 0) is 23.7 Å². The Bertz CT molecular complexity index is 836. The van der Waals surface area contributed by atoms with Crippen LogP contribution >= 0.6 is 0 Å². The number of ketones is 1. The number of hydrogen-bond donors (Lipinski definition) is 7. The van der Waals surface area contributed by atoms with Gasteiger partial charge in [-0.05, 0) is 33.1 Å². The standard InChI is InChI=1S/C24H36O12/c1-4-5-6-9-33-24(2,3)8-7-13(27)10-14-17(28)20(31)22(16(12-26)34-14)36-23-21(32)19(30)18(29)15(11-25)35-23/h14-23,25-26,28-32H,7-8,10-12H2,1-3H3. The summed E-state index contributed by atoms with van der Waals surface area (Å²) in [6, 6.07) is 0. The zero-order valence-electron chi connectivity index (χ0n) is 20.5. The maximum absolute atomic E-state index is 12.6. The molecule has 2 aliphatic rings. The van der Waals surface area contributed by atoms with E-state index in [0.717, 1.165) is 0 Å². The van der Waals surface area contributed by atoms with Crippen molar-refractivity contribution < 1.29 is 59.5 Å². The highest BCUT2D eigenvalue weighted by Crippen LogP contribution is 2.30. The molecule has 2 aliphatic heterocycles. The predicted octanol–water partition coefficient (Wildman–Crippen LogP) is -2.83. The summed E-state index contributed by atoms with van der Waals surface area (Å²) in [6.07, 6.45) is -12.4. The Morgan fingerprint density at radius 2 is 1.50 bits per heavy atom. The van der Waals surface area contributed by atoms with Gasteiger partial charge in [-0.3, -0.25) is 4.79 Å². The van der Waals surface area contributed by atoms with E-state index < -0.39 is 80.0 Å². The molecule has 10 atom stereocenters. The van der Waals surface area contributed by atoms with Crippen LogP contribution in [-0.4, -0.2) is 122 Å². The Balaban J connectivity index is 1.98. The monoisotopic (exact) mass is 516 g/mol. The highest BCUT2D eigenvalue weighted by molar-refractivity contribution is 5.79. The first kappa shape index (κ1) is 30.4. The number of aliphatic hydroxyl groups is 7. The second-order valence-electron chi connectivity index (χ2n) is 9.38. The van der Waals surface area contributed by atoms with Crippen LogP contribution in [0.5, 0.6) is 0 Å². The molecular formula is C24H36O12. The van der Waals surface area contributed by atoms with Gasteiger partial charge in [-0.1, -0.05) is 5.92 Å². The van der Waals surface area contributed by atoms with Crippen molar-refractivity contribution in [2.24, 2.45) is 0 Å². The molecular weight excluding hydrogens is 480 g/mol. The third kappa shape index (κ3) is 7.84. The van der Waals surface area contributed by atoms with Crippen molar-refractivity contribution in [1.29, 1.82) is 0 Å². The zero-order valence-corrected chi connectivity index (χ0v) is 20.5. The summed E-state index contributed by atoms with van der Waals surface area (Å²) in [7, 11) is 0. The van der Waals surface area contributed by atoms with Crippen LogP contribution in [0.4, 0.5) is 0 Å². The van der Waals surface area contributed by atoms with Crippen molar-refractivity contribution in [3.05, 3.63) is 0 Å². The van der Waals surface area contributed by atoms with Crippen LogP contribution in [0.2, 0.25) is 0 Å². The topological polar surface area (TPSA) is 196 Å². The van der Waals surface area contributed by atoms with Crippen LogP contribution in [0.1, 0.15) is 40.0 Å². The maximum Gasteiger partial charge on any atom is 0.187 e. The van der Waals surface area contributed by atoms with Gasteiger partial charge in [-0.15, -0.1) is 0 Å². The molecule has 2 heterocycles. The average Bonchev–Trinajstić information content (AvgIpc) is 2.85. The van der Waals surface area contributed by atoms with Crippen molar-refractivity contribution in [2.75, 3.05) is 13.2 Å². The molecule has 0 aromatic carbocycles. The number of rotatable bonds is 10. The van der Waals surface area contributed by atoms with E-state index in [2.05, 4.69) is 23.9 Å². The number of carbonyl (C=O) groups is 1. The largest absolute Gasteiger partial charge is 0.440 e. The fourth-order valence-corrected chi connectivity index (χ4v) is 3.90. The average molecular weight is 517 g/mol. The van der Waals surface area contributed by atoms with Gasteiger partial charge < -0.3 is 54.7 Å². The van der Waals surface area contributed by atoms with Gasteiger partial charge in [0.1, 0.15) is 66.3 Å².